The Balaban J connectivity index is 2.04. The SMILES string of the molecule is CCCCCCCCCCC(=O)C(=[N+]=[N-])C1c2ccccc2C=CN1C(=O)OCC. The van der Waals surface area contributed by atoms with E-state index in [0.29, 0.717) is 6.42 Å². The highest BCUT2D eigenvalue weighted by Gasteiger charge is 2.41. The van der Waals surface area contributed by atoms with E-state index in [0.717, 1.165) is 30.4 Å². The molecule has 30 heavy (non-hydrogen) atoms. The molecular weight excluding hydrogens is 378 g/mol. The van der Waals surface area contributed by atoms with E-state index in [-0.39, 0.29) is 18.1 Å². The largest absolute Gasteiger partial charge is 0.449 e. The Hall–Kier alpha value is -2.72. The minimum Gasteiger partial charge on any atom is -0.449 e. The van der Waals surface area contributed by atoms with Crippen molar-refractivity contribution in [2.75, 3.05) is 6.61 Å². The number of carbonyl (C=O) groups excluding carboxylic acids is 2. The first-order valence-corrected chi connectivity index (χ1v) is 11.1. The van der Waals surface area contributed by atoms with E-state index in [1.165, 1.54) is 37.0 Å². The molecule has 0 spiro atoms. The molecule has 1 aliphatic heterocycles. The molecule has 1 aromatic carbocycles. The van der Waals surface area contributed by atoms with Crippen molar-refractivity contribution in [1.29, 1.82) is 0 Å². The molecule has 0 saturated heterocycles. The van der Waals surface area contributed by atoms with E-state index in [9.17, 15) is 15.1 Å². The van der Waals surface area contributed by atoms with Gasteiger partial charge in [0.05, 0.1) is 6.61 Å². The molecule has 0 fully saturated rings. The van der Waals surface area contributed by atoms with Crippen LogP contribution >= 0.6 is 0 Å². The maximum absolute atomic E-state index is 12.9. The molecule has 6 nitrogen and oxygen atoms in total. The number of ketones is 1. The second-order valence-corrected chi connectivity index (χ2v) is 7.59. The van der Waals surface area contributed by atoms with Gasteiger partial charge in [0.25, 0.3) is 0 Å². The van der Waals surface area contributed by atoms with Gasteiger partial charge in [-0.1, -0.05) is 76.1 Å². The zero-order valence-electron chi connectivity index (χ0n) is 18.2. The van der Waals surface area contributed by atoms with Crippen molar-refractivity contribution in [3.63, 3.8) is 0 Å². The van der Waals surface area contributed by atoms with Crippen LogP contribution in [0.2, 0.25) is 0 Å². The Bertz CT molecular complexity index is 797. The number of Topliss-reactive ketones (excluding diaryl/α,β-unsaturated/α-hetero) is 1. The molecular formula is C24H33N3O3. The normalized spacial score (nSPS) is 14.7. The zero-order chi connectivity index (χ0) is 21.8. The lowest BCUT2D eigenvalue weighted by atomic mass is 9.90. The number of fused-ring (bicyclic) bond motifs is 1. The van der Waals surface area contributed by atoms with Crippen molar-refractivity contribution in [2.45, 2.75) is 77.7 Å². The Labute approximate surface area is 179 Å². The van der Waals surface area contributed by atoms with Crippen LogP contribution in [0.5, 0.6) is 0 Å². The van der Waals surface area contributed by atoms with Gasteiger partial charge in [0.1, 0.15) is 0 Å². The van der Waals surface area contributed by atoms with E-state index < -0.39 is 12.1 Å². The van der Waals surface area contributed by atoms with Crippen LogP contribution in [0.3, 0.4) is 0 Å². The fourth-order valence-electron chi connectivity index (χ4n) is 3.76. The van der Waals surface area contributed by atoms with Crippen molar-refractivity contribution in [3.8, 4) is 0 Å². The second-order valence-electron chi connectivity index (χ2n) is 7.59. The van der Waals surface area contributed by atoms with Crippen LogP contribution in [0.4, 0.5) is 4.79 Å². The summed E-state index contributed by atoms with van der Waals surface area (Å²) in [6.45, 7) is 4.15. The molecule has 1 unspecified atom stereocenters. The number of ether oxygens (including phenoxy) is 1. The molecule has 0 aliphatic carbocycles. The van der Waals surface area contributed by atoms with Gasteiger partial charge in [-0.05, 0) is 30.5 Å². The van der Waals surface area contributed by atoms with Crippen LogP contribution in [0.15, 0.2) is 30.5 Å². The predicted molar refractivity (Wildman–Crippen MR) is 118 cm³/mol. The Kier molecular flexibility index (Phi) is 10.0. The molecule has 0 aromatic heterocycles. The average molecular weight is 412 g/mol. The first-order chi connectivity index (χ1) is 14.6. The quantitative estimate of drug-likeness (QED) is 0.185. The third kappa shape index (κ3) is 6.39. The molecule has 1 heterocycles. The average Bonchev–Trinajstić information content (AvgIpc) is 2.76. The second kappa shape index (κ2) is 12.8. The minimum absolute atomic E-state index is 0.0252. The van der Waals surface area contributed by atoms with Crippen molar-refractivity contribution >= 4 is 23.7 Å². The molecule has 6 heteroatoms. The standard InChI is InChI=1S/C24H33N3O3/c1-3-5-6-7-8-9-10-11-16-21(28)22(26-25)23-20-15-13-12-14-19(20)17-18-27(23)24(29)30-4-2/h12-15,17-18,23H,3-11,16H2,1-2H3. The predicted octanol–water partition coefficient (Wildman–Crippen LogP) is 5.94. The number of hydrogen-bond acceptors (Lipinski definition) is 3. The summed E-state index contributed by atoms with van der Waals surface area (Å²) in [5, 5.41) is 0. The first-order valence-electron chi connectivity index (χ1n) is 11.1. The number of carbonyl (C=O) groups is 2. The number of unbranched alkanes of at least 4 members (excludes halogenated alkanes) is 7. The smallest absolute Gasteiger partial charge is 0.414 e. The molecule has 1 aromatic rings. The first kappa shape index (κ1) is 23.6. The van der Waals surface area contributed by atoms with E-state index in [4.69, 9.17) is 4.74 Å². The van der Waals surface area contributed by atoms with Gasteiger partial charge >= 0.3 is 11.8 Å². The highest BCUT2D eigenvalue weighted by Crippen LogP contribution is 2.32. The molecule has 0 N–H and O–H groups in total. The van der Waals surface area contributed by atoms with E-state index in [1.54, 1.807) is 19.2 Å². The van der Waals surface area contributed by atoms with Gasteiger partial charge in [0.15, 0.2) is 6.04 Å². The Morgan fingerprint density at radius 2 is 1.70 bits per heavy atom. The lowest BCUT2D eigenvalue weighted by Gasteiger charge is -2.29. The summed E-state index contributed by atoms with van der Waals surface area (Å²) in [4.78, 5) is 30.0. The van der Waals surface area contributed by atoms with Crippen LogP contribution < -0.4 is 0 Å². The summed E-state index contributed by atoms with van der Waals surface area (Å²) in [6.07, 6.45) is 12.1. The topological polar surface area (TPSA) is 83.0 Å². The van der Waals surface area contributed by atoms with Crippen molar-refractivity contribution in [3.05, 3.63) is 47.1 Å². The number of amides is 1. The fraction of sp³-hybridized carbons (Fsp3) is 0.542. The number of hydrogen-bond donors (Lipinski definition) is 0. The molecule has 1 amide bonds. The maximum Gasteiger partial charge on any atom is 0.414 e. The van der Waals surface area contributed by atoms with Gasteiger partial charge in [0, 0.05) is 12.6 Å². The zero-order valence-corrected chi connectivity index (χ0v) is 18.2. The van der Waals surface area contributed by atoms with Crippen molar-refractivity contribution in [1.82, 2.24) is 4.90 Å². The highest BCUT2D eigenvalue weighted by atomic mass is 16.6. The number of benzene rings is 1. The fourth-order valence-corrected chi connectivity index (χ4v) is 3.76. The minimum atomic E-state index is -0.795. The summed E-state index contributed by atoms with van der Waals surface area (Å²) in [5.74, 6) is -0.243. The van der Waals surface area contributed by atoms with E-state index in [1.807, 2.05) is 24.3 Å². The van der Waals surface area contributed by atoms with Crippen molar-refractivity contribution in [2.24, 2.45) is 0 Å². The van der Waals surface area contributed by atoms with E-state index >= 15 is 0 Å². The summed E-state index contributed by atoms with van der Waals surface area (Å²) in [6, 6.07) is 6.67. The lowest BCUT2D eigenvalue weighted by Crippen LogP contribution is -2.40. The number of nitrogens with zero attached hydrogens (tertiary/aromatic N) is 3. The molecule has 1 aliphatic rings. The van der Waals surface area contributed by atoms with Gasteiger partial charge in [0.2, 0.25) is 5.78 Å². The van der Waals surface area contributed by atoms with Gasteiger partial charge in [-0.3, -0.25) is 9.69 Å². The summed E-state index contributed by atoms with van der Waals surface area (Å²) in [5.41, 5.74) is 11.3. The van der Waals surface area contributed by atoms with E-state index in [2.05, 4.69) is 11.7 Å². The molecule has 0 bridgehead atoms. The van der Waals surface area contributed by atoms with Crippen molar-refractivity contribution < 1.29 is 19.1 Å². The van der Waals surface area contributed by atoms with Gasteiger partial charge in [-0.25, -0.2) is 4.79 Å². The molecule has 0 radical (unpaired) electrons. The third-order valence-electron chi connectivity index (χ3n) is 5.37. The molecule has 2 rings (SSSR count). The number of rotatable bonds is 12. The Morgan fingerprint density at radius 1 is 1.03 bits per heavy atom. The van der Waals surface area contributed by atoms with Crippen LogP contribution in [-0.2, 0) is 9.53 Å². The van der Waals surface area contributed by atoms with Crippen LogP contribution in [0.25, 0.3) is 11.6 Å². The van der Waals surface area contributed by atoms with Gasteiger partial charge in [-0.2, -0.15) is 4.79 Å². The van der Waals surface area contributed by atoms with Crippen LogP contribution in [0.1, 0.15) is 88.8 Å². The summed E-state index contributed by atoms with van der Waals surface area (Å²) < 4.78 is 5.14. The van der Waals surface area contributed by atoms with Crippen LogP contribution in [0, 0.1) is 0 Å². The summed E-state index contributed by atoms with van der Waals surface area (Å²) in [7, 11) is 0. The monoisotopic (exact) mass is 411 g/mol. The maximum atomic E-state index is 12.9. The van der Waals surface area contributed by atoms with Crippen LogP contribution in [-0.4, -0.2) is 33.9 Å². The molecule has 1 atom stereocenters. The van der Waals surface area contributed by atoms with Gasteiger partial charge in [-0.15, -0.1) is 0 Å². The third-order valence-corrected chi connectivity index (χ3v) is 5.37. The lowest BCUT2D eigenvalue weighted by molar-refractivity contribution is -0.118. The Morgan fingerprint density at radius 3 is 2.37 bits per heavy atom. The molecule has 0 saturated carbocycles. The highest BCUT2D eigenvalue weighted by molar-refractivity contribution is 6.39. The summed E-state index contributed by atoms with van der Waals surface area (Å²) >= 11 is 0. The van der Waals surface area contributed by atoms with Gasteiger partial charge < -0.3 is 10.3 Å². The molecule has 162 valence electrons.